The molecule has 0 heterocycles. The summed E-state index contributed by atoms with van der Waals surface area (Å²) in [5, 5.41) is 8.59. The van der Waals surface area contributed by atoms with Gasteiger partial charge in [0.25, 0.3) is 11.8 Å². The summed E-state index contributed by atoms with van der Waals surface area (Å²) < 4.78 is 6.14. The molecule has 0 saturated carbocycles. The zero-order valence-corrected chi connectivity index (χ0v) is 19.8. The van der Waals surface area contributed by atoms with Crippen molar-refractivity contribution in [3.05, 3.63) is 94.0 Å². The molecule has 6 nitrogen and oxygen atoms in total. The Morgan fingerprint density at radius 2 is 1.69 bits per heavy atom. The summed E-state index contributed by atoms with van der Waals surface area (Å²) in [6.45, 7) is 2.85. The van der Waals surface area contributed by atoms with Crippen molar-refractivity contribution in [2.45, 2.75) is 13.5 Å². The van der Waals surface area contributed by atoms with Crippen LogP contribution in [0.3, 0.4) is 0 Å². The maximum atomic E-state index is 12.5. The van der Waals surface area contributed by atoms with Gasteiger partial charge in [-0.05, 0) is 77.0 Å². The summed E-state index contributed by atoms with van der Waals surface area (Å²) in [5.74, 6) is 0.0989. The van der Waals surface area contributed by atoms with Crippen LogP contribution in [0.1, 0.15) is 33.2 Å². The lowest BCUT2D eigenvalue weighted by molar-refractivity contribution is 0.0948. The Morgan fingerprint density at radius 3 is 2.41 bits per heavy atom. The van der Waals surface area contributed by atoms with E-state index in [0.717, 1.165) is 5.56 Å². The molecule has 0 spiro atoms. The first kappa shape index (κ1) is 23.4. The van der Waals surface area contributed by atoms with Crippen LogP contribution >= 0.6 is 28.1 Å². The zero-order chi connectivity index (χ0) is 22.9. The van der Waals surface area contributed by atoms with Crippen LogP contribution in [0.15, 0.2) is 77.3 Å². The van der Waals surface area contributed by atoms with Crippen LogP contribution in [0.4, 0.5) is 5.69 Å². The van der Waals surface area contributed by atoms with Gasteiger partial charge in [0.05, 0.1) is 11.1 Å². The molecule has 3 aromatic rings. The largest absolute Gasteiger partial charge is 0.493 e. The summed E-state index contributed by atoms with van der Waals surface area (Å²) >= 11 is 8.65. The molecule has 32 heavy (non-hydrogen) atoms. The molecule has 0 saturated heterocycles. The van der Waals surface area contributed by atoms with E-state index in [0.29, 0.717) is 40.2 Å². The Bertz CT molecular complexity index is 1120. The molecule has 0 bridgehead atoms. The number of hydrogen-bond acceptors (Lipinski definition) is 4. The topological polar surface area (TPSA) is 79.5 Å². The fourth-order valence-corrected chi connectivity index (χ4v) is 3.57. The predicted octanol–water partition coefficient (Wildman–Crippen LogP) is 4.90. The van der Waals surface area contributed by atoms with Crippen molar-refractivity contribution in [3.63, 3.8) is 0 Å². The van der Waals surface area contributed by atoms with Crippen LogP contribution in [0, 0.1) is 0 Å². The molecule has 8 heteroatoms. The minimum absolute atomic E-state index is 0.127. The summed E-state index contributed by atoms with van der Waals surface area (Å²) in [4.78, 5) is 25.0. The van der Waals surface area contributed by atoms with Gasteiger partial charge in [-0.1, -0.05) is 36.4 Å². The Labute approximate surface area is 200 Å². The molecular weight excluding hydrogens is 490 g/mol. The number of carbonyl (C=O) groups excluding carboxylic acids is 2. The van der Waals surface area contributed by atoms with Crippen molar-refractivity contribution in [3.8, 4) is 5.75 Å². The van der Waals surface area contributed by atoms with E-state index in [9.17, 15) is 9.59 Å². The van der Waals surface area contributed by atoms with E-state index in [1.54, 1.807) is 42.5 Å². The average molecular weight is 512 g/mol. The van der Waals surface area contributed by atoms with Crippen molar-refractivity contribution in [1.82, 2.24) is 10.6 Å². The number of thiocarbonyl (C=S) groups is 1. The highest BCUT2D eigenvalue weighted by Gasteiger charge is 2.12. The predicted molar refractivity (Wildman–Crippen MR) is 133 cm³/mol. The van der Waals surface area contributed by atoms with Gasteiger partial charge in [0.15, 0.2) is 5.11 Å². The second-order valence-electron chi connectivity index (χ2n) is 6.74. The normalized spacial score (nSPS) is 10.2. The zero-order valence-electron chi connectivity index (χ0n) is 17.4. The van der Waals surface area contributed by atoms with Crippen molar-refractivity contribution in [1.29, 1.82) is 0 Å². The number of anilines is 1. The number of nitrogens with one attached hydrogen (secondary N) is 3. The first-order valence-corrected chi connectivity index (χ1v) is 11.1. The third kappa shape index (κ3) is 6.63. The molecule has 0 fully saturated rings. The highest BCUT2D eigenvalue weighted by atomic mass is 79.9. The molecule has 0 atom stereocenters. The van der Waals surface area contributed by atoms with Gasteiger partial charge in [-0.3, -0.25) is 14.9 Å². The first-order valence-electron chi connectivity index (χ1n) is 9.93. The molecule has 2 amide bonds. The highest BCUT2D eigenvalue weighted by Crippen LogP contribution is 2.26. The van der Waals surface area contributed by atoms with Crippen LogP contribution in [-0.2, 0) is 6.54 Å². The Balaban J connectivity index is 1.57. The molecule has 3 N–H and O–H groups in total. The lowest BCUT2D eigenvalue weighted by Gasteiger charge is -2.12. The van der Waals surface area contributed by atoms with Gasteiger partial charge in [-0.2, -0.15) is 0 Å². The van der Waals surface area contributed by atoms with Gasteiger partial charge in [0, 0.05) is 23.4 Å². The van der Waals surface area contributed by atoms with Crippen LogP contribution in [0.25, 0.3) is 0 Å². The van der Waals surface area contributed by atoms with Crippen molar-refractivity contribution in [2.24, 2.45) is 0 Å². The molecule has 0 radical (unpaired) electrons. The number of benzene rings is 3. The summed E-state index contributed by atoms with van der Waals surface area (Å²) in [5.41, 5.74) is 2.52. The van der Waals surface area contributed by atoms with Gasteiger partial charge in [-0.25, -0.2) is 0 Å². The SMILES string of the molecule is CCOc1ccc(C(=O)NC(=S)Nc2cccc(C(=O)NCc3ccccc3)c2)cc1Br. The van der Waals surface area contributed by atoms with Crippen LogP contribution in [0.2, 0.25) is 0 Å². The summed E-state index contributed by atoms with van der Waals surface area (Å²) in [7, 11) is 0. The number of amides is 2. The van der Waals surface area contributed by atoms with E-state index < -0.39 is 0 Å². The molecule has 3 rings (SSSR count). The van der Waals surface area contributed by atoms with E-state index in [1.165, 1.54) is 0 Å². The fourth-order valence-electron chi connectivity index (χ4n) is 2.87. The third-order valence-electron chi connectivity index (χ3n) is 4.40. The van der Waals surface area contributed by atoms with E-state index in [2.05, 4.69) is 31.9 Å². The molecule has 164 valence electrons. The van der Waals surface area contributed by atoms with E-state index in [4.69, 9.17) is 17.0 Å². The smallest absolute Gasteiger partial charge is 0.257 e. The third-order valence-corrected chi connectivity index (χ3v) is 5.22. The second-order valence-corrected chi connectivity index (χ2v) is 8.00. The van der Waals surface area contributed by atoms with Gasteiger partial charge in [-0.15, -0.1) is 0 Å². The number of halogens is 1. The van der Waals surface area contributed by atoms with Gasteiger partial charge in [0.1, 0.15) is 5.75 Å². The molecule has 0 aliphatic carbocycles. The molecule has 3 aromatic carbocycles. The van der Waals surface area contributed by atoms with Gasteiger partial charge in [0.2, 0.25) is 0 Å². The highest BCUT2D eigenvalue weighted by molar-refractivity contribution is 9.10. The molecular formula is C24H22BrN3O3S. The molecule has 0 aliphatic rings. The standard InChI is InChI=1S/C24H22BrN3O3S/c1-2-31-21-12-11-18(14-20(21)25)23(30)28-24(32)27-19-10-6-9-17(13-19)22(29)26-15-16-7-4-3-5-8-16/h3-14H,2,15H2,1H3,(H,26,29)(H2,27,28,30,32). The lowest BCUT2D eigenvalue weighted by atomic mass is 10.1. The lowest BCUT2D eigenvalue weighted by Crippen LogP contribution is -2.34. The van der Waals surface area contributed by atoms with Crippen LogP contribution < -0.4 is 20.7 Å². The van der Waals surface area contributed by atoms with Crippen molar-refractivity contribution in [2.75, 3.05) is 11.9 Å². The Hall–Kier alpha value is -3.23. The maximum absolute atomic E-state index is 12.5. The number of carbonyl (C=O) groups is 2. The molecule has 0 unspecified atom stereocenters. The number of hydrogen-bond donors (Lipinski definition) is 3. The minimum atomic E-state index is -0.358. The first-order chi connectivity index (χ1) is 15.5. The Morgan fingerprint density at radius 1 is 0.938 bits per heavy atom. The maximum Gasteiger partial charge on any atom is 0.257 e. The van der Waals surface area contributed by atoms with Gasteiger partial charge >= 0.3 is 0 Å². The Kier molecular flexibility index (Phi) is 8.35. The molecule has 0 aromatic heterocycles. The van der Waals surface area contributed by atoms with Crippen LogP contribution in [0.5, 0.6) is 5.75 Å². The van der Waals surface area contributed by atoms with E-state index in [-0.39, 0.29) is 16.9 Å². The van der Waals surface area contributed by atoms with E-state index >= 15 is 0 Å². The summed E-state index contributed by atoms with van der Waals surface area (Å²) in [6.07, 6.45) is 0. The van der Waals surface area contributed by atoms with E-state index in [1.807, 2.05) is 37.3 Å². The van der Waals surface area contributed by atoms with Gasteiger partial charge < -0.3 is 15.4 Å². The minimum Gasteiger partial charge on any atom is -0.493 e. The monoisotopic (exact) mass is 511 g/mol. The number of ether oxygens (including phenoxy) is 1. The second kappa shape index (κ2) is 11.4. The quantitative estimate of drug-likeness (QED) is 0.393. The van der Waals surface area contributed by atoms with Crippen molar-refractivity contribution < 1.29 is 14.3 Å². The molecule has 0 aliphatic heterocycles. The number of rotatable bonds is 7. The van der Waals surface area contributed by atoms with Crippen LogP contribution in [-0.4, -0.2) is 23.5 Å². The van der Waals surface area contributed by atoms with Crippen molar-refractivity contribution >= 4 is 50.8 Å². The average Bonchev–Trinajstić information content (AvgIpc) is 2.79. The fraction of sp³-hybridized carbons (Fsp3) is 0.125. The summed E-state index contributed by atoms with van der Waals surface area (Å²) in [6, 6.07) is 21.6.